The first-order valence-corrected chi connectivity index (χ1v) is 13.6. The van der Waals surface area contributed by atoms with Crippen molar-refractivity contribution in [1.29, 1.82) is 0 Å². The number of nitrogens with one attached hydrogen (secondary N) is 1. The Hall–Kier alpha value is -4.61. The van der Waals surface area contributed by atoms with Gasteiger partial charge in [0.25, 0.3) is 11.8 Å². The maximum absolute atomic E-state index is 14.2. The van der Waals surface area contributed by atoms with E-state index in [4.69, 9.17) is 5.10 Å². The number of nitrogens with zero attached hydrogens (tertiary/aromatic N) is 4. The number of carbonyl (C=O) groups is 2. The third-order valence-electron chi connectivity index (χ3n) is 8.56. The van der Waals surface area contributed by atoms with Crippen LogP contribution >= 0.6 is 0 Å². The molecule has 0 radical (unpaired) electrons. The van der Waals surface area contributed by atoms with Crippen LogP contribution in [-0.2, 0) is 6.54 Å². The van der Waals surface area contributed by atoms with Gasteiger partial charge in [-0.25, -0.2) is 13.2 Å². The molecule has 1 fully saturated rings. The Morgan fingerprint density at radius 1 is 1.14 bits per heavy atom. The van der Waals surface area contributed by atoms with Gasteiger partial charge in [-0.2, -0.15) is 5.10 Å². The Labute approximate surface area is 238 Å². The first kappa shape index (κ1) is 27.6. The lowest BCUT2D eigenvalue weighted by Gasteiger charge is -2.47. The Morgan fingerprint density at radius 3 is 2.52 bits per heavy atom. The third kappa shape index (κ3) is 4.24. The number of aromatic hydroxyl groups is 1. The number of aromatic nitrogens is 1. The van der Waals surface area contributed by atoms with E-state index in [0.717, 1.165) is 11.4 Å². The SMILES string of the molecule is CC1=NN(c2ccccc2)C2(CC[C@H](C)N3CC2n2cc(C(=O)NCc4c(F)cc(F)cc4F)c(=O)c(O)c2C3=O)C1. The van der Waals surface area contributed by atoms with E-state index in [9.17, 15) is 32.7 Å². The van der Waals surface area contributed by atoms with Crippen molar-refractivity contribution in [1.82, 2.24) is 14.8 Å². The molecule has 4 heterocycles. The van der Waals surface area contributed by atoms with Crippen LogP contribution in [0.25, 0.3) is 0 Å². The van der Waals surface area contributed by atoms with Crippen molar-refractivity contribution in [2.45, 2.75) is 57.3 Å². The van der Waals surface area contributed by atoms with Crippen LogP contribution in [-0.4, -0.2) is 50.2 Å². The summed E-state index contributed by atoms with van der Waals surface area (Å²) in [6.07, 6.45) is 3.03. The highest BCUT2D eigenvalue weighted by atomic mass is 19.1. The molecule has 2 amide bonds. The molecule has 2 N–H and O–H groups in total. The summed E-state index contributed by atoms with van der Waals surface area (Å²) in [6.45, 7) is 3.41. The number of fused-ring (bicyclic) bond motifs is 5. The highest BCUT2D eigenvalue weighted by molar-refractivity contribution is 5.99. The molecule has 1 spiro atoms. The summed E-state index contributed by atoms with van der Waals surface area (Å²) in [5, 5.41) is 20.2. The number of amides is 2. The fourth-order valence-corrected chi connectivity index (χ4v) is 6.49. The van der Waals surface area contributed by atoms with E-state index < -0.39 is 69.7 Å². The number of hydrogen-bond donors (Lipinski definition) is 2. The molecule has 0 aliphatic carbocycles. The van der Waals surface area contributed by atoms with Crippen LogP contribution in [0.5, 0.6) is 5.75 Å². The summed E-state index contributed by atoms with van der Waals surface area (Å²) in [4.78, 5) is 41.7. The van der Waals surface area contributed by atoms with Crippen molar-refractivity contribution >= 4 is 23.2 Å². The molecule has 12 heteroatoms. The number of hydrazone groups is 1. The van der Waals surface area contributed by atoms with E-state index in [1.807, 2.05) is 49.2 Å². The van der Waals surface area contributed by atoms with Gasteiger partial charge in [-0.05, 0) is 38.8 Å². The van der Waals surface area contributed by atoms with Gasteiger partial charge in [-0.15, -0.1) is 0 Å². The number of hydrogen-bond acceptors (Lipinski definition) is 6. The van der Waals surface area contributed by atoms with Crippen LogP contribution in [0.3, 0.4) is 0 Å². The predicted octanol–water partition coefficient (Wildman–Crippen LogP) is 4.11. The van der Waals surface area contributed by atoms with Crippen LogP contribution in [0, 0.1) is 17.5 Å². The number of anilines is 1. The molecule has 2 aromatic carbocycles. The summed E-state index contributed by atoms with van der Waals surface area (Å²) in [7, 11) is 0. The summed E-state index contributed by atoms with van der Waals surface area (Å²) in [5.74, 6) is -5.94. The molecule has 6 rings (SSSR count). The Morgan fingerprint density at radius 2 is 1.83 bits per heavy atom. The smallest absolute Gasteiger partial charge is 0.274 e. The second kappa shape index (κ2) is 10.0. The average molecular weight is 580 g/mol. The lowest BCUT2D eigenvalue weighted by Crippen LogP contribution is -2.56. The van der Waals surface area contributed by atoms with E-state index in [2.05, 4.69) is 5.32 Å². The average Bonchev–Trinajstić information content (AvgIpc) is 3.23. The van der Waals surface area contributed by atoms with Gasteiger partial charge >= 0.3 is 0 Å². The van der Waals surface area contributed by atoms with Crippen LogP contribution in [0.2, 0.25) is 0 Å². The Kier molecular flexibility index (Phi) is 6.58. The monoisotopic (exact) mass is 579 g/mol. The first-order chi connectivity index (χ1) is 20.0. The topological polar surface area (TPSA) is 107 Å². The molecule has 0 saturated carbocycles. The molecule has 42 heavy (non-hydrogen) atoms. The summed E-state index contributed by atoms with van der Waals surface area (Å²) < 4.78 is 43.1. The van der Waals surface area contributed by atoms with Gasteiger partial charge in [0.2, 0.25) is 5.43 Å². The number of halogens is 3. The van der Waals surface area contributed by atoms with Gasteiger partial charge in [0.05, 0.1) is 17.3 Å². The molecule has 2 bridgehead atoms. The zero-order valence-corrected chi connectivity index (χ0v) is 22.9. The van der Waals surface area contributed by atoms with E-state index in [0.29, 0.717) is 31.4 Å². The van der Waals surface area contributed by atoms with Crippen LogP contribution < -0.4 is 15.8 Å². The zero-order valence-electron chi connectivity index (χ0n) is 22.9. The lowest BCUT2D eigenvalue weighted by molar-refractivity contribution is 0.0579. The number of rotatable bonds is 4. The van der Waals surface area contributed by atoms with Gasteiger partial charge in [0, 0.05) is 55.2 Å². The minimum atomic E-state index is -1.20. The maximum atomic E-state index is 14.2. The fraction of sp³-hybridized carbons (Fsp3) is 0.333. The van der Waals surface area contributed by atoms with Crippen LogP contribution in [0.4, 0.5) is 18.9 Å². The Balaban J connectivity index is 1.45. The van der Waals surface area contributed by atoms with Gasteiger partial charge in [-0.1, -0.05) is 18.2 Å². The second-order valence-corrected chi connectivity index (χ2v) is 11.1. The van der Waals surface area contributed by atoms with Gasteiger partial charge in [-0.3, -0.25) is 19.4 Å². The number of carbonyl (C=O) groups excluding carboxylic acids is 2. The maximum Gasteiger partial charge on any atom is 0.274 e. The van der Waals surface area contributed by atoms with Gasteiger partial charge < -0.3 is 19.9 Å². The van der Waals surface area contributed by atoms with Crippen molar-refractivity contribution in [2.75, 3.05) is 11.6 Å². The molecular formula is C30H28F3N5O4. The van der Waals surface area contributed by atoms with Crippen molar-refractivity contribution in [2.24, 2.45) is 5.10 Å². The molecule has 9 nitrogen and oxygen atoms in total. The molecule has 3 aliphatic heterocycles. The molecule has 3 aromatic rings. The molecule has 3 atom stereocenters. The molecule has 2 unspecified atom stereocenters. The highest BCUT2D eigenvalue weighted by Crippen LogP contribution is 2.49. The normalized spacial score (nSPS) is 23.1. The Bertz CT molecular complexity index is 1690. The van der Waals surface area contributed by atoms with Crippen molar-refractivity contribution in [3.8, 4) is 5.75 Å². The molecule has 1 saturated heterocycles. The molecule has 1 aromatic heterocycles. The summed E-state index contributed by atoms with van der Waals surface area (Å²) in [6, 6.07) is 9.80. The second-order valence-electron chi connectivity index (χ2n) is 11.1. The fourth-order valence-electron chi connectivity index (χ4n) is 6.49. The summed E-state index contributed by atoms with van der Waals surface area (Å²) >= 11 is 0. The third-order valence-corrected chi connectivity index (χ3v) is 8.56. The first-order valence-electron chi connectivity index (χ1n) is 13.6. The molecule has 3 aliphatic rings. The lowest BCUT2D eigenvalue weighted by atomic mass is 9.80. The number of benzene rings is 2. The number of pyridine rings is 1. The molecule has 218 valence electrons. The van der Waals surface area contributed by atoms with E-state index in [1.165, 1.54) is 10.8 Å². The van der Waals surface area contributed by atoms with Crippen LogP contribution in [0.15, 0.2) is 58.6 Å². The van der Waals surface area contributed by atoms with Crippen molar-refractivity contribution in [3.63, 3.8) is 0 Å². The van der Waals surface area contributed by atoms with Crippen LogP contribution in [0.1, 0.15) is 65.6 Å². The standard InChI is InChI=1S/C30H28F3N5O4/c1-16-12-30(38(35-16)19-6-4-3-5-7-19)9-8-17(2)36-15-24(30)37-14-21(26(39)27(40)25(37)29(36)42)28(41)34-13-20-22(32)10-18(31)11-23(20)33/h3-7,10-11,14,17,24,40H,8-9,12-13,15H2,1-2H3,(H,34,41)/t17-,24?,30?/m0/s1. The predicted molar refractivity (Wildman–Crippen MR) is 148 cm³/mol. The number of para-hydroxylation sites is 1. The van der Waals surface area contributed by atoms with E-state index >= 15 is 0 Å². The summed E-state index contributed by atoms with van der Waals surface area (Å²) in [5.41, 5.74) is -1.41. The minimum Gasteiger partial charge on any atom is -0.503 e. The van der Waals surface area contributed by atoms with Gasteiger partial charge in [0.15, 0.2) is 11.4 Å². The van der Waals surface area contributed by atoms with Crippen molar-refractivity contribution in [3.05, 3.63) is 93.2 Å². The minimum absolute atomic E-state index is 0.190. The highest BCUT2D eigenvalue weighted by Gasteiger charge is 2.55. The molecular weight excluding hydrogens is 551 g/mol. The van der Waals surface area contributed by atoms with Gasteiger partial charge in [0.1, 0.15) is 23.0 Å². The zero-order chi connectivity index (χ0) is 29.9. The van der Waals surface area contributed by atoms with E-state index in [1.54, 1.807) is 4.90 Å². The van der Waals surface area contributed by atoms with Crippen molar-refractivity contribution < 1.29 is 27.9 Å². The van der Waals surface area contributed by atoms with E-state index in [-0.39, 0.29) is 18.3 Å². The quantitative estimate of drug-likeness (QED) is 0.484. The largest absolute Gasteiger partial charge is 0.503 e.